The van der Waals surface area contributed by atoms with Gasteiger partial charge in [-0.15, -0.1) is 0 Å². The predicted octanol–water partition coefficient (Wildman–Crippen LogP) is 9.13. The van der Waals surface area contributed by atoms with Crippen LogP contribution in [0.1, 0.15) is 39.5 Å². The first-order chi connectivity index (χ1) is 24.6. The van der Waals surface area contributed by atoms with Crippen LogP contribution in [0.3, 0.4) is 0 Å². The summed E-state index contributed by atoms with van der Waals surface area (Å²) < 4.78 is 10.1. The summed E-state index contributed by atoms with van der Waals surface area (Å²) in [4.78, 5) is 42.9. The van der Waals surface area contributed by atoms with Crippen LogP contribution < -0.4 is 14.4 Å². The van der Waals surface area contributed by atoms with Crippen LogP contribution in [0.5, 0.6) is 11.5 Å². The molecule has 262 valence electrons. The fourth-order valence-corrected chi connectivity index (χ4v) is 4.30. The third-order valence-corrected chi connectivity index (χ3v) is 7.12. The Morgan fingerprint density at radius 3 is 1.53 bits per heavy atom. The van der Waals surface area contributed by atoms with Gasteiger partial charge in [-0.25, -0.2) is 0 Å². The number of ether oxygens (including phenoxy) is 2. The molecule has 0 aliphatic carbocycles. The smallest absolute Gasteiger partial charge is 0.150 e. The first kappa shape index (κ1) is 40.8. The minimum Gasteiger partial charge on any atom is -0.497 e. The average molecular weight is 684 g/mol. The lowest BCUT2D eigenvalue weighted by atomic mass is 10.1. The highest BCUT2D eigenvalue weighted by Crippen LogP contribution is 2.21. The summed E-state index contributed by atoms with van der Waals surface area (Å²) in [5.74, 6) is 1.65. The number of methoxy groups -OCH3 is 2. The number of carbonyl (C=O) groups is 4. The van der Waals surface area contributed by atoms with Crippen molar-refractivity contribution < 1.29 is 28.7 Å². The number of hydrogen-bond acceptors (Lipinski definition) is 7. The molecule has 0 atom stereocenters. The number of aryl methyl sites for hydroxylation is 1. The molecule has 7 heteroatoms. The number of allylic oxidation sites excluding steroid dienone is 3. The minimum absolute atomic E-state index is 0.697. The van der Waals surface area contributed by atoms with E-state index in [2.05, 4.69) is 0 Å². The molecule has 51 heavy (non-hydrogen) atoms. The van der Waals surface area contributed by atoms with Gasteiger partial charge in [-0.2, -0.15) is 0 Å². The highest BCUT2D eigenvalue weighted by Gasteiger charge is 1.98. The molecule has 0 amide bonds. The Bertz CT molecular complexity index is 1900. The molecule has 7 nitrogen and oxygen atoms in total. The summed E-state index contributed by atoms with van der Waals surface area (Å²) in [7, 11) is 7.26. The third kappa shape index (κ3) is 15.6. The van der Waals surface area contributed by atoms with Crippen molar-refractivity contribution >= 4 is 59.8 Å². The molecule has 0 aliphatic rings. The van der Waals surface area contributed by atoms with Crippen LogP contribution in [0.15, 0.2) is 127 Å². The van der Waals surface area contributed by atoms with Crippen molar-refractivity contribution in [2.24, 2.45) is 0 Å². The fraction of sp³-hybridized carbons (Fsp3) is 0.136. The molecule has 5 rings (SSSR count). The molecule has 0 N–H and O–H groups in total. The largest absolute Gasteiger partial charge is 0.497 e. The van der Waals surface area contributed by atoms with Crippen molar-refractivity contribution in [3.63, 3.8) is 0 Å². The molecule has 5 aromatic carbocycles. The standard InChI is InChI=1S/C12H10O2.C11H13NO.C11H12O2.C10H10O/c1-14-12-5-4-10-6-9(8-13)2-3-11(10)7-12;1-12(2)11-7-5-10(6-8-11)4-3-9-13;1-9(8-12)7-10-3-5-11(13-2)6-4-10;1-9-4-6-10(7-5-9)3-2-8-11/h2-8H,1H3;3-9H,1-2H3;3-8H,1-2H3;2-8H,1H3/b;4-3+;9-7+;3-2+. The molecule has 0 bridgehead atoms. The lowest BCUT2D eigenvalue weighted by Gasteiger charge is -2.11. The van der Waals surface area contributed by atoms with Crippen LogP contribution in [0.2, 0.25) is 0 Å². The highest BCUT2D eigenvalue weighted by molar-refractivity contribution is 5.89. The van der Waals surface area contributed by atoms with E-state index in [1.165, 1.54) is 17.7 Å². The lowest BCUT2D eigenvalue weighted by Crippen LogP contribution is -2.07. The van der Waals surface area contributed by atoms with Gasteiger partial charge in [0.15, 0.2) is 0 Å². The Hall–Kier alpha value is -6.34. The first-order valence-corrected chi connectivity index (χ1v) is 16.0. The van der Waals surface area contributed by atoms with Crippen LogP contribution in [-0.4, -0.2) is 53.5 Å². The van der Waals surface area contributed by atoms with Crippen molar-refractivity contribution in [3.05, 3.63) is 155 Å². The first-order valence-electron chi connectivity index (χ1n) is 16.0. The van der Waals surface area contributed by atoms with E-state index >= 15 is 0 Å². The summed E-state index contributed by atoms with van der Waals surface area (Å²) >= 11 is 0. The molecule has 5 aromatic rings. The molecule has 0 aliphatic heterocycles. The maximum atomic E-state index is 10.5. The number of nitrogens with zero attached hydrogens (tertiary/aromatic N) is 1. The van der Waals surface area contributed by atoms with E-state index in [9.17, 15) is 19.2 Å². The number of hydrogen-bond donors (Lipinski definition) is 0. The van der Waals surface area contributed by atoms with Gasteiger partial charge in [0.05, 0.1) is 14.2 Å². The fourth-order valence-electron chi connectivity index (χ4n) is 4.30. The van der Waals surface area contributed by atoms with E-state index in [-0.39, 0.29) is 0 Å². The quantitative estimate of drug-likeness (QED) is 0.107. The number of fused-ring (bicyclic) bond motifs is 1. The number of anilines is 1. The van der Waals surface area contributed by atoms with E-state index in [0.29, 0.717) is 11.1 Å². The maximum Gasteiger partial charge on any atom is 0.150 e. The van der Waals surface area contributed by atoms with E-state index in [0.717, 1.165) is 69.8 Å². The van der Waals surface area contributed by atoms with Crippen LogP contribution >= 0.6 is 0 Å². The second-order valence-corrected chi connectivity index (χ2v) is 11.3. The second kappa shape index (κ2) is 23.1. The molecule has 0 unspecified atom stereocenters. The lowest BCUT2D eigenvalue weighted by molar-refractivity contribution is -0.105. The predicted molar refractivity (Wildman–Crippen MR) is 211 cm³/mol. The zero-order valence-electron chi connectivity index (χ0n) is 30.0. The van der Waals surface area contributed by atoms with Gasteiger partial charge in [0, 0.05) is 25.3 Å². The topological polar surface area (TPSA) is 90.0 Å². The molecular weight excluding hydrogens is 638 g/mol. The van der Waals surface area contributed by atoms with E-state index in [1.54, 1.807) is 39.4 Å². The van der Waals surface area contributed by atoms with Crippen molar-refractivity contribution in [2.75, 3.05) is 33.2 Å². The van der Waals surface area contributed by atoms with E-state index in [1.807, 2.05) is 135 Å². The van der Waals surface area contributed by atoms with Crippen LogP contribution in [-0.2, 0) is 14.4 Å². The summed E-state index contributed by atoms with van der Waals surface area (Å²) in [5, 5.41) is 2.13. The molecule has 0 fully saturated rings. The molecule has 0 spiro atoms. The number of benzene rings is 5. The van der Waals surface area contributed by atoms with Crippen LogP contribution in [0, 0.1) is 6.92 Å². The average Bonchev–Trinajstić information content (AvgIpc) is 3.17. The molecule has 0 aromatic heterocycles. The minimum atomic E-state index is 0.697. The Labute approximate surface area is 301 Å². The van der Waals surface area contributed by atoms with Gasteiger partial charge in [0.2, 0.25) is 0 Å². The number of rotatable bonds is 10. The SMILES string of the molecule is CN(C)c1ccc(/C=C/C=O)cc1.COc1ccc(/C=C(\C)C=O)cc1.COc1ccc2cc(C=O)ccc2c1.Cc1ccc(/C=C/C=O)cc1. The summed E-state index contributed by atoms with van der Waals surface area (Å²) in [5.41, 5.74) is 6.90. The van der Waals surface area contributed by atoms with Gasteiger partial charge in [0.1, 0.15) is 36.6 Å². The van der Waals surface area contributed by atoms with Gasteiger partial charge >= 0.3 is 0 Å². The zero-order chi connectivity index (χ0) is 37.4. The Kier molecular flexibility index (Phi) is 18.5. The van der Waals surface area contributed by atoms with Crippen molar-refractivity contribution in [1.29, 1.82) is 0 Å². The molecule has 0 saturated heterocycles. The van der Waals surface area contributed by atoms with Gasteiger partial charge in [-0.3, -0.25) is 19.2 Å². The van der Waals surface area contributed by atoms with Crippen LogP contribution in [0.4, 0.5) is 5.69 Å². The Morgan fingerprint density at radius 2 is 1.04 bits per heavy atom. The Morgan fingerprint density at radius 1 is 0.569 bits per heavy atom. The third-order valence-electron chi connectivity index (χ3n) is 7.12. The normalized spacial score (nSPS) is 10.4. The number of carbonyl (C=O) groups excluding carboxylic acids is 4. The van der Waals surface area contributed by atoms with Gasteiger partial charge in [0.25, 0.3) is 0 Å². The van der Waals surface area contributed by atoms with Crippen molar-refractivity contribution in [1.82, 2.24) is 0 Å². The van der Waals surface area contributed by atoms with Crippen LogP contribution in [0.25, 0.3) is 29.0 Å². The van der Waals surface area contributed by atoms with E-state index < -0.39 is 0 Å². The molecule has 0 heterocycles. The summed E-state index contributed by atoms with van der Waals surface area (Å²) in [6.07, 6.45) is 11.6. The molecule has 0 saturated carbocycles. The van der Waals surface area contributed by atoms with Gasteiger partial charge < -0.3 is 14.4 Å². The summed E-state index contributed by atoms with van der Waals surface area (Å²) in [6.45, 7) is 3.81. The molecular formula is C44H45NO6. The van der Waals surface area contributed by atoms with Crippen molar-refractivity contribution in [2.45, 2.75) is 13.8 Å². The second-order valence-electron chi connectivity index (χ2n) is 11.3. The zero-order valence-corrected chi connectivity index (χ0v) is 30.0. The number of aldehydes is 4. The molecule has 0 radical (unpaired) electrons. The maximum absolute atomic E-state index is 10.5. The Balaban J connectivity index is 0.000000237. The van der Waals surface area contributed by atoms with E-state index in [4.69, 9.17) is 9.47 Å². The summed E-state index contributed by atoms with van der Waals surface area (Å²) in [6, 6.07) is 34.9. The highest BCUT2D eigenvalue weighted by atomic mass is 16.5. The van der Waals surface area contributed by atoms with Crippen molar-refractivity contribution in [3.8, 4) is 11.5 Å². The monoisotopic (exact) mass is 683 g/mol. The van der Waals surface area contributed by atoms with Gasteiger partial charge in [-0.05, 0) is 108 Å². The van der Waals surface area contributed by atoms with Gasteiger partial charge in [-0.1, -0.05) is 84.4 Å².